The Morgan fingerprint density at radius 3 is 2.38 bits per heavy atom. The summed E-state index contributed by atoms with van der Waals surface area (Å²) < 4.78 is 30.5. The highest BCUT2D eigenvalue weighted by molar-refractivity contribution is 7.87. The number of carbonyl (C=O) groups is 1. The Balaban J connectivity index is 1.69. The van der Waals surface area contributed by atoms with Gasteiger partial charge in [0.15, 0.2) is 5.75 Å². The summed E-state index contributed by atoms with van der Waals surface area (Å²) in [6, 6.07) is 14.5. The van der Waals surface area contributed by atoms with Crippen molar-refractivity contribution >= 4 is 15.9 Å². The van der Waals surface area contributed by atoms with Crippen LogP contribution in [-0.4, -0.2) is 29.9 Å². The number of nitrogens with zero attached hydrogens (tertiary/aromatic N) is 2. The molecule has 0 aliphatic heterocycles. The van der Waals surface area contributed by atoms with Crippen LogP contribution in [0.15, 0.2) is 67.3 Å². The molecule has 0 bridgehead atoms. The van der Waals surface area contributed by atoms with Crippen molar-refractivity contribution in [1.29, 1.82) is 0 Å². The second-order valence-electron chi connectivity index (χ2n) is 6.74. The van der Waals surface area contributed by atoms with Gasteiger partial charge in [-0.25, -0.2) is 9.97 Å². The van der Waals surface area contributed by atoms with E-state index < -0.39 is 10.1 Å². The molecule has 3 rings (SSSR count). The van der Waals surface area contributed by atoms with Crippen LogP contribution >= 0.6 is 0 Å². The van der Waals surface area contributed by atoms with Crippen molar-refractivity contribution in [2.45, 2.75) is 26.2 Å². The third kappa shape index (κ3) is 6.22. The number of hydrogen-bond donors (Lipinski definition) is 0. The summed E-state index contributed by atoms with van der Waals surface area (Å²) >= 11 is 0. The van der Waals surface area contributed by atoms with E-state index in [4.69, 9.17) is 4.18 Å². The summed E-state index contributed by atoms with van der Waals surface area (Å²) in [4.78, 5) is 19.1. The number of ketones is 1. The average Bonchev–Trinajstić information content (AvgIpc) is 2.72. The molecule has 0 spiro atoms. The van der Waals surface area contributed by atoms with Gasteiger partial charge in [-0.1, -0.05) is 42.5 Å². The summed E-state index contributed by atoms with van der Waals surface area (Å²) in [6.07, 6.45) is 6.08. The van der Waals surface area contributed by atoms with Crippen LogP contribution in [-0.2, 0) is 27.8 Å². The number of rotatable bonds is 9. The molecule has 3 aromatic rings. The lowest BCUT2D eigenvalue weighted by atomic mass is 10.0. The highest BCUT2D eigenvalue weighted by Crippen LogP contribution is 2.29. The number of carbonyl (C=O) groups excluding carboxylic acids is 1. The lowest BCUT2D eigenvalue weighted by molar-refractivity contribution is -0.116. The second-order valence-corrected chi connectivity index (χ2v) is 8.43. The Morgan fingerprint density at radius 1 is 0.966 bits per heavy atom. The summed E-state index contributed by atoms with van der Waals surface area (Å²) in [5.74, 6) is 0.231. The maximum absolute atomic E-state index is 12.6. The molecular weight excluding hydrogens is 388 g/mol. The maximum Gasteiger partial charge on any atom is 0.309 e. The Morgan fingerprint density at radius 2 is 1.66 bits per heavy atom. The predicted molar refractivity (Wildman–Crippen MR) is 111 cm³/mol. The molecule has 1 aromatic heterocycles. The lowest BCUT2D eigenvalue weighted by Crippen LogP contribution is -2.16. The number of aromatic nitrogens is 2. The van der Waals surface area contributed by atoms with Crippen molar-refractivity contribution in [2.75, 3.05) is 5.75 Å². The SMILES string of the molecule is CC(=O)CCc1cccc(CCS(=O)(=O)Oc2ccccc2-c2cncnc2)c1. The van der Waals surface area contributed by atoms with Gasteiger partial charge in [0, 0.05) is 29.9 Å². The highest BCUT2D eigenvalue weighted by atomic mass is 32.2. The standard InChI is InChI=1S/C22H22N2O4S/c1-17(25)9-10-18-5-4-6-19(13-18)11-12-29(26,27)28-22-8-3-2-7-21(22)20-14-23-16-24-15-20/h2-8,13-16H,9-12H2,1H3. The van der Waals surface area contributed by atoms with E-state index in [0.717, 1.165) is 11.1 Å². The minimum atomic E-state index is -3.80. The molecule has 150 valence electrons. The summed E-state index contributed by atoms with van der Waals surface area (Å²) in [5.41, 5.74) is 3.20. The van der Waals surface area contributed by atoms with Gasteiger partial charge >= 0.3 is 10.1 Å². The van der Waals surface area contributed by atoms with Crippen LogP contribution in [0.25, 0.3) is 11.1 Å². The van der Waals surface area contributed by atoms with Gasteiger partial charge < -0.3 is 8.98 Å². The van der Waals surface area contributed by atoms with Crippen molar-refractivity contribution in [1.82, 2.24) is 9.97 Å². The first-order chi connectivity index (χ1) is 13.9. The second kappa shape index (κ2) is 9.43. The topological polar surface area (TPSA) is 86.2 Å². The number of Topliss-reactive ketones (excluding diaryl/α,β-unsaturated/α-hetero) is 1. The summed E-state index contributed by atoms with van der Waals surface area (Å²) in [7, 11) is -3.80. The van der Waals surface area contributed by atoms with E-state index in [-0.39, 0.29) is 17.3 Å². The zero-order valence-corrected chi connectivity index (χ0v) is 16.9. The zero-order valence-electron chi connectivity index (χ0n) is 16.1. The fourth-order valence-electron chi connectivity index (χ4n) is 2.90. The van der Waals surface area contributed by atoms with E-state index in [0.29, 0.717) is 30.4 Å². The molecule has 6 nitrogen and oxygen atoms in total. The molecule has 0 aliphatic carbocycles. The van der Waals surface area contributed by atoms with Crippen LogP contribution in [0.1, 0.15) is 24.5 Å². The van der Waals surface area contributed by atoms with Crippen molar-refractivity contribution in [3.05, 3.63) is 78.4 Å². The van der Waals surface area contributed by atoms with Crippen molar-refractivity contribution in [2.24, 2.45) is 0 Å². The third-order valence-corrected chi connectivity index (χ3v) is 5.51. The molecular formula is C22H22N2O4S. The van der Waals surface area contributed by atoms with Crippen LogP contribution in [0.4, 0.5) is 0 Å². The molecule has 1 heterocycles. The van der Waals surface area contributed by atoms with Gasteiger partial charge in [0.25, 0.3) is 0 Å². The van der Waals surface area contributed by atoms with Gasteiger partial charge in [0.2, 0.25) is 0 Å². The largest absolute Gasteiger partial charge is 0.382 e. The molecule has 0 saturated carbocycles. The first-order valence-corrected chi connectivity index (χ1v) is 10.8. The summed E-state index contributed by atoms with van der Waals surface area (Å²) in [5, 5.41) is 0. The van der Waals surface area contributed by atoms with Gasteiger partial charge in [0.1, 0.15) is 12.1 Å². The number of hydrogen-bond acceptors (Lipinski definition) is 6. The Bertz CT molecular complexity index is 1080. The van der Waals surface area contributed by atoms with Gasteiger partial charge in [-0.3, -0.25) is 0 Å². The number of benzene rings is 2. The normalized spacial score (nSPS) is 11.2. The van der Waals surface area contributed by atoms with E-state index >= 15 is 0 Å². The minimum absolute atomic E-state index is 0.133. The van der Waals surface area contributed by atoms with E-state index in [9.17, 15) is 13.2 Å². The third-order valence-electron chi connectivity index (χ3n) is 4.37. The van der Waals surface area contributed by atoms with Gasteiger partial charge in [-0.15, -0.1) is 0 Å². The predicted octanol–water partition coefficient (Wildman–Crippen LogP) is 3.62. The molecule has 0 unspecified atom stereocenters. The van der Waals surface area contributed by atoms with E-state index in [1.54, 1.807) is 43.6 Å². The molecule has 29 heavy (non-hydrogen) atoms. The quantitative estimate of drug-likeness (QED) is 0.501. The van der Waals surface area contributed by atoms with Crippen molar-refractivity contribution in [3.8, 4) is 16.9 Å². The molecule has 0 aliphatic rings. The molecule has 0 radical (unpaired) electrons. The Hall–Kier alpha value is -3.06. The first-order valence-electron chi connectivity index (χ1n) is 9.27. The Kier molecular flexibility index (Phi) is 6.72. The van der Waals surface area contributed by atoms with Gasteiger partial charge in [0.05, 0.1) is 5.75 Å². The summed E-state index contributed by atoms with van der Waals surface area (Å²) in [6.45, 7) is 1.56. The maximum atomic E-state index is 12.6. The molecule has 2 aromatic carbocycles. The van der Waals surface area contributed by atoms with Crippen molar-refractivity contribution < 1.29 is 17.4 Å². The van der Waals surface area contributed by atoms with Gasteiger partial charge in [-0.2, -0.15) is 8.42 Å². The smallest absolute Gasteiger partial charge is 0.309 e. The zero-order chi connectivity index (χ0) is 20.7. The fraction of sp³-hybridized carbons (Fsp3) is 0.227. The number of para-hydroxylation sites is 1. The van der Waals surface area contributed by atoms with Crippen molar-refractivity contribution in [3.63, 3.8) is 0 Å². The van der Waals surface area contributed by atoms with E-state index in [1.807, 2.05) is 24.3 Å². The fourth-order valence-corrected chi connectivity index (χ4v) is 3.89. The first kappa shape index (κ1) is 20.7. The van der Waals surface area contributed by atoms with Crippen LogP contribution in [0.5, 0.6) is 5.75 Å². The molecule has 0 fully saturated rings. The van der Waals surface area contributed by atoms with Crippen LogP contribution < -0.4 is 4.18 Å². The van der Waals surface area contributed by atoms with Crippen LogP contribution in [0, 0.1) is 0 Å². The molecule has 7 heteroatoms. The van der Waals surface area contributed by atoms with Crippen LogP contribution in [0.3, 0.4) is 0 Å². The minimum Gasteiger partial charge on any atom is -0.382 e. The highest BCUT2D eigenvalue weighted by Gasteiger charge is 2.16. The lowest BCUT2D eigenvalue weighted by Gasteiger charge is -2.11. The Labute approximate surface area is 170 Å². The van der Waals surface area contributed by atoms with E-state index in [1.165, 1.54) is 6.33 Å². The number of aryl methyl sites for hydroxylation is 2. The molecule has 0 atom stereocenters. The van der Waals surface area contributed by atoms with Gasteiger partial charge in [-0.05, 0) is 37.0 Å². The van der Waals surface area contributed by atoms with E-state index in [2.05, 4.69) is 9.97 Å². The van der Waals surface area contributed by atoms with Crippen LogP contribution in [0.2, 0.25) is 0 Å². The molecule has 0 saturated heterocycles. The average molecular weight is 410 g/mol. The molecule has 0 amide bonds. The monoisotopic (exact) mass is 410 g/mol. The molecule has 0 N–H and O–H groups in total.